The molecule has 1 rings (SSSR count). The summed E-state index contributed by atoms with van der Waals surface area (Å²) in [5, 5.41) is 10.5. The molecule has 14 heavy (non-hydrogen) atoms. The van der Waals surface area contributed by atoms with Gasteiger partial charge in [0.1, 0.15) is 0 Å². The maximum Gasteiger partial charge on any atom is 0.276 e. The number of hydrogen-bond acceptors (Lipinski definition) is 3. The molecule has 1 amide bonds. The van der Waals surface area contributed by atoms with Gasteiger partial charge < -0.3 is 5.73 Å². The van der Waals surface area contributed by atoms with Gasteiger partial charge in [-0.1, -0.05) is 12.1 Å². The smallest absolute Gasteiger partial charge is 0.276 e. The van der Waals surface area contributed by atoms with Gasteiger partial charge in [-0.05, 0) is 12.1 Å². The molecule has 0 atom stereocenters. The number of nitrogens with two attached hydrogens (primary N) is 1. The minimum atomic E-state index is -0.636. The average Bonchev–Trinajstić information content (AvgIpc) is 2.15. The Morgan fingerprint density at radius 1 is 1.43 bits per heavy atom. The summed E-state index contributed by atoms with van der Waals surface area (Å²) in [6, 6.07) is 6.10. The number of benzene rings is 1. The minimum absolute atomic E-state index is 0.0509. The molecule has 0 radical (unpaired) electrons. The van der Waals surface area contributed by atoms with Crippen molar-refractivity contribution in [3.8, 4) is 0 Å². The molecule has 1 aromatic rings. The largest absolute Gasteiger partial charge is 0.366 e. The molecule has 1 aromatic carbocycles. The van der Waals surface area contributed by atoms with Gasteiger partial charge in [0, 0.05) is 12.1 Å². The Morgan fingerprint density at radius 2 is 2.07 bits per heavy atom. The van der Waals surface area contributed by atoms with E-state index in [0.717, 1.165) is 6.08 Å². The first-order valence-corrected chi connectivity index (χ1v) is 3.82. The number of nitrogens with zero attached hydrogens (tertiary/aromatic N) is 1. The second-order valence-electron chi connectivity index (χ2n) is 2.55. The lowest BCUT2D eigenvalue weighted by Gasteiger charge is -1.95. The molecule has 0 fully saturated rings. The van der Waals surface area contributed by atoms with Crippen molar-refractivity contribution in [3.05, 3.63) is 46.0 Å². The van der Waals surface area contributed by atoms with Crippen LogP contribution in [0, 0.1) is 10.1 Å². The van der Waals surface area contributed by atoms with Crippen molar-refractivity contribution in [2.75, 3.05) is 0 Å². The number of para-hydroxylation sites is 1. The van der Waals surface area contributed by atoms with Crippen LogP contribution >= 0.6 is 0 Å². The topological polar surface area (TPSA) is 86.2 Å². The number of amides is 1. The van der Waals surface area contributed by atoms with E-state index in [9.17, 15) is 14.9 Å². The Hall–Kier alpha value is -2.17. The summed E-state index contributed by atoms with van der Waals surface area (Å²) in [6.45, 7) is 0. The quantitative estimate of drug-likeness (QED) is 0.441. The van der Waals surface area contributed by atoms with E-state index in [2.05, 4.69) is 0 Å². The van der Waals surface area contributed by atoms with Gasteiger partial charge in [0.2, 0.25) is 5.91 Å². The molecule has 0 heterocycles. The molecule has 0 saturated carbocycles. The van der Waals surface area contributed by atoms with Crippen LogP contribution in [0.25, 0.3) is 6.08 Å². The molecule has 5 heteroatoms. The van der Waals surface area contributed by atoms with Crippen molar-refractivity contribution in [3.63, 3.8) is 0 Å². The lowest BCUT2D eigenvalue weighted by atomic mass is 10.1. The summed E-state index contributed by atoms with van der Waals surface area (Å²) in [4.78, 5) is 20.4. The van der Waals surface area contributed by atoms with Gasteiger partial charge in [0.15, 0.2) is 0 Å². The molecule has 0 aliphatic carbocycles. The molecule has 5 nitrogen and oxygen atoms in total. The molecule has 0 aliphatic rings. The first-order valence-electron chi connectivity index (χ1n) is 3.82. The number of carbonyl (C=O) groups excluding carboxylic acids is 1. The third kappa shape index (κ3) is 2.41. The SMILES string of the molecule is NC(=O)/C=C\c1ccccc1[N+](=O)[O-]. The van der Waals surface area contributed by atoms with Gasteiger partial charge in [-0.3, -0.25) is 14.9 Å². The highest BCUT2D eigenvalue weighted by atomic mass is 16.6. The van der Waals surface area contributed by atoms with Crippen LogP contribution < -0.4 is 5.73 Å². The third-order valence-electron chi connectivity index (χ3n) is 1.56. The van der Waals surface area contributed by atoms with Crippen LogP contribution in [0.15, 0.2) is 30.3 Å². The van der Waals surface area contributed by atoms with E-state index < -0.39 is 10.8 Å². The summed E-state index contributed by atoms with van der Waals surface area (Å²) in [5.74, 6) is -0.636. The van der Waals surface area contributed by atoms with E-state index in [4.69, 9.17) is 5.73 Å². The molecular formula is C9H8N2O3. The fourth-order valence-electron chi connectivity index (χ4n) is 0.967. The van der Waals surface area contributed by atoms with Gasteiger partial charge in [0.25, 0.3) is 5.69 Å². The Balaban J connectivity index is 3.07. The average molecular weight is 192 g/mol. The molecule has 0 spiro atoms. The molecule has 0 unspecified atom stereocenters. The lowest BCUT2D eigenvalue weighted by molar-refractivity contribution is -0.385. The van der Waals surface area contributed by atoms with Crippen molar-refractivity contribution in [1.82, 2.24) is 0 Å². The normalized spacial score (nSPS) is 10.3. The summed E-state index contributed by atoms with van der Waals surface area (Å²) in [6.07, 6.45) is 2.41. The minimum Gasteiger partial charge on any atom is -0.366 e. The van der Waals surface area contributed by atoms with Crippen LogP contribution in [0.2, 0.25) is 0 Å². The van der Waals surface area contributed by atoms with E-state index in [1.54, 1.807) is 12.1 Å². The van der Waals surface area contributed by atoms with Crippen LogP contribution in [0.4, 0.5) is 5.69 Å². The zero-order chi connectivity index (χ0) is 10.6. The second-order valence-corrected chi connectivity index (χ2v) is 2.55. The Morgan fingerprint density at radius 3 is 2.64 bits per heavy atom. The maximum absolute atomic E-state index is 10.5. The summed E-state index contributed by atoms with van der Waals surface area (Å²) in [5.41, 5.74) is 5.18. The highest BCUT2D eigenvalue weighted by molar-refractivity contribution is 5.90. The predicted molar refractivity (Wildman–Crippen MR) is 51.3 cm³/mol. The van der Waals surface area contributed by atoms with Crippen molar-refractivity contribution >= 4 is 17.7 Å². The molecule has 0 bridgehead atoms. The highest BCUT2D eigenvalue weighted by Gasteiger charge is 2.08. The molecule has 72 valence electrons. The number of hydrogen-bond donors (Lipinski definition) is 1. The molecule has 0 aromatic heterocycles. The van der Waals surface area contributed by atoms with E-state index in [1.165, 1.54) is 18.2 Å². The van der Waals surface area contributed by atoms with Crippen molar-refractivity contribution in [2.24, 2.45) is 5.73 Å². The second kappa shape index (κ2) is 4.18. The molecule has 2 N–H and O–H groups in total. The number of rotatable bonds is 3. The van der Waals surface area contributed by atoms with Gasteiger partial charge in [-0.25, -0.2) is 0 Å². The van der Waals surface area contributed by atoms with E-state index in [-0.39, 0.29) is 5.69 Å². The Labute approximate surface area is 80.0 Å². The van der Waals surface area contributed by atoms with Crippen molar-refractivity contribution in [1.29, 1.82) is 0 Å². The number of primary amides is 1. The van der Waals surface area contributed by atoms with E-state index in [1.807, 2.05) is 0 Å². The van der Waals surface area contributed by atoms with Gasteiger partial charge in [-0.2, -0.15) is 0 Å². The van der Waals surface area contributed by atoms with Crippen molar-refractivity contribution in [2.45, 2.75) is 0 Å². The van der Waals surface area contributed by atoms with Crippen molar-refractivity contribution < 1.29 is 9.72 Å². The third-order valence-corrected chi connectivity index (χ3v) is 1.56. The van der Waals surface area contributed by atoms with Crippen LogP contribution in [0.1, 0.15) is 5.56 Å². The Bertz CT molecular complexity index is 399. The lowest BCUT2D eigenvalue weighted by Crippen LogP contribution is -2.05. The highest BCUT2D eigenvalue weighted by Crippen LogP contribution is 2.18. The standard InChI is InChI=1S/C9H8N2O3/c10-9(12)6-5-7-3-1-2-4-8(7)11(13)14/h1-6H,(H2,10,12)/b6-5-. The zero-order valence-corrected chi connectivity index (χ0v) is 7.21. The maximum atomic E-state index is 10.5. The number of carbonyl (C=O) groups is 1. The fourth-order valence-corrected chi connectivity index (χ4v) is 0.967. The first kappa shape index (κ1) is 9.91. The van der Waals surface area contributed by atoms with Gasteiger partial charge in [0.05, 0.1) is 10.5 Å². The van der Waals surface area contributed by atoms with Crippen LogP contribution in [-0.2, 0) is 4.79 Å². The van der Waals surface area contributed by atoms with E-state index in [0.29, 0.717) is 5.56 Å². The molecule has 0 saturated heterocycles. The number of nitro benzene ring substituents is 1. The predicted octanol–water partition coefficient (Wildman–Crippen LogP) is 1.09. The van der Waals surface area contributed by atoms with Crippen LogP contribution in [0.5, 0.6) is 0 Å². The Kier molecular flexibility index (Phi) is 2.96. The van der Waals surface area contributed by atoms with Crippen LogP contribution in [0.3, 0.4) is 0 Å². The fraction of sp³-hybridized carbons (Fsp3) is 0. The summed E-state index contributed by atoms with van der Waals surface area (Å²) in [7, 11) is 0. The number of nitro groups is 1. The summed E-state index contributed by atoms with van der Waals surface area (Å²) < 4.78 is 0. The van der Waals surface area contributed by atoms with E-state index >= 15 is 0 Å². The summed E-state index contributed by atoms with van der Waals surface area (Å²) >= 11 is 0. The first-order chi connectivity index (χ1) is 6.61. The monoisotopic (exact) mass is 192 g/mol. The molecular weight excluding hydrogens is 184 g/mol. The van der Waals surface area contributed by atoms with Gasteiger partial charge in [-0.15, -0.1) is 0 Å². The van der Waals surface area contributed by atoms with Crippen LogP contribution in [-0.4, -0.2) is 10.8 Å². The van der Waals surface area contributed by atoms with Gasteiger partial charge >= 0.3 is 0 Å². The molecule has 0 aliphatic heterocycles. The zero-order valence-electron chi connectivity index (χ0n) is 7.21.